The maximum Gasteiger partial charge on any atom is 0.288 e. The van der Waals surface area contributed by atoms with Crippen molar-refractivity contribution in [2.45, 2.75) is 32.9 Å². The lowest BCUT2D eigenvalue weighted by Crippen LogP contribution is -2.58. The first-order valence-corrected chi connectivity index (χ1v) is 8.41. The number of aromatic nitrogens is 2. The number of nitrogens with zero attached hydrogens (tertiary/aromatic N) is 4. The van der Waals surface area contributed by atoms with E-state index in [0.717, 1.165) is 11.3 Å². The number of anilines is 1. The molecule has 8 nitrogen and oxygen atoms in total. The summed E-state index contributed by atoms with van der Waals surface area (Å²) in [4.78, 5) is 29.3. The molecule has 0 saturated heterocycles. The van der Waals surface area contributed by atoms with Crippen molar-refractivity contribution in [3.63, 3.8) is 0 Å². The third kappa shape index (κ3) is 3.30. The zero-order valence-electron chi connectivity index (χ0n) is 15.2. The van der Waals surface area contributed by atoms with Crippen LogP contribution in [0.4, 0.5) is 5.69 Å². The van der Waals surface area contributed by atoms with Crippen LogP contribution in [-0.4, -0.2) is 33.5 Å². The van der Waals surface area contributed by atoms with Crippen molar-refractivity contribution in [2.75, 3.05) is 5.01 Å². The van der Waals surface area contributed by atoms with Gasteiger partial charge in [-0.3, -0.25) is 19.7 Å². The summed E-state index contributed by atoms with van der Waals surface area (Å²) in [5.74, 6) is -0.487. The Morgan fingerprint density at radius 3 is 2.62 bits per heavy atom. The molecular formula is C18H22N6O2. The molecule has 2 amide bonds. The first-order valence-electron chi connectivity index (χ1n) is 8.41. The first kappa shape index (κ1) is 17.7. The van der Waals surface area contributed by atoms with Crippen LogP contribution in [-0.2, 0) is 16.6 Å². The van der Waals surface area contributed by atoms with Crippen LogP contribution in [0.3, 0.4) is 0 Å². The summed E-state index contributed by atoms with van der Waals surface area (Å²) >= 11 is 0. The van der Waals surface area contributed by atoms with Gasteiger partial charge in [-0.15, -0.1) is 0 Å². The van der Waals surface area contributed by atoms with Gasteiger partial charge in [0.25, 0.3) is 11.8 Å². The van der Waals surface area contributed by atoms with Crippen LogP contribution in [0, 0.1) is 6.92 Å². The highest BCUT2D eigenvalue weighted by molar-refractivity contribution is 6.39. The van der Waals surface area contributed by atoms with E-state index in [9.17, 15) is 9.59 Å². The number of amidine groups is 1. The largest absolute Gasteiger partial charge is 0.343 e. The van der Waals surface area contributed by atoms with E-state index in [0.29, 0.717) is 5.69 Å². The van der Waals surface area contributed by atoms with E-state index < -0.39 is 6.04 Å². The smallest absolute Gasteiger partial charge is 0.288 e. The predicted octanol–water partition coefficient (Wildman–Crippen LogP) is 1.24. The van der Waals surface area contributed by atoms with E-state index in [-0.39, 0.29) is 23.7 Å². The van der Waals surface area contributed by atoms with Crippen molar-refractivity contribution in [1.29, 1.82) is 0 Å². The zero-order chi connectivity index (χ0) is 18.8. The molecule has 0 fully saturated rings. The van der Waals surface area contributed by atoms with Crippen LogP contribution in [0.25, 0.3) is 0 Å². The molecule has 0 bridgehead atoms. The summed E-state index contributed by atoms with van der Waals surface area (Å²) in [6, 6.07) is 8.22. The highest BCUT2D eigenvalue weighted by Crippen LogP contribution is 2.18. The SMILES string of the molecule is Cc1c([C@H](C)NC(=O)C2=N[C@H](C)C(=O)N(c3ccccc3)N2)cnn1C. The number of benzene rings is 1. The van der Waals surface area contributed by atoms with Crippen molar-refractivity contribution in [2.24, 2.45) is 12.0 Å². The topological polar surface area (TPSA) is 91.6 Å². The Kier molecular flexibility index (Phi) is 4.75. The Bertz CT molecular complexity index is 858. The zero-order valence-corrected chi connectivity index (χ0v) is 15.2. The fourth-order valence-electron chi connectivity index (χ4n) is 2.79. The van der Waals surface area contributed by atoms with Crippen molar-refractivity contribution >= 4 is 23.3 Å². The third-order valence-corrected chi connectivity index (χ3v) is 4.44. The molecular weight excluding hydrogens is 332 g/mol. The van der Waals surface area contributed by atoms with Crippen molar-refractivity contribution < 1.29 is 9.59 Å². The van der Waals surface area contributed by atoms with E-state index in [4.69, 9.17) is 0 Å². The Morgan fingerprint density at radius 2 is 2.00 bits per heavy atom. The van der Waals surface area contributed by atoms with Crippen LogP contribution < -0.4 is 15.8 Å². The highest BCUT2D eigenvalue weighted by Gasteiger charge is 2.31. The molecule has 0 aliphatic carbocycles. The maximum atomic E-state index is 12.7. The molecule has 0 saturated carbocycles. The molecule has 1 aromatic heterocycles. The van der Waals surface area contributed by atoms with Gasteiger partial charge in [-0.05, 0) is 32.9 Å². The Hall–Kier alpha value is -3.16. The molecule has 1 aliphatic heterocycles. The van der Waals surface area contributed by atoms with Crippen LogP contribution in [0.2, 0.25) is 0 Å². The molecule has 2 N–H and O–H groups in total. The van der Waals surface area contributed by atoms with Gasteiger partial charge in [0, 0.05) is 18.3 Å². The van der Waals surface area contributed by atoms with Gasteiger partial charge in [0.15, 0.2) is 0 Å². The Balaban J connectivity index is 1.77. The minimum Gasteiger partial charge on any atom is -0.343 e. The number of amides is 2. The third-order valence-electron chi connectivity index (χ3n) is 4.44. The molecule has 26 heavy (non-hydrogen) atoms. The van der Waals surface area contributed by atoms with Crippen LogP contribution >= 0.6 is 0 Å². The van der Waals surface area contributed by atoms with E-state index in [1.54, 1.807) is 29.9 Å². The predicted molar refractivity (Wildman–Crippen MR) is 98.5 cm³/mol. The summed E-state index contributed by atoms with van der Waals surface area (Å²) < 4.78 is 1.76. The quantitative estimate of drug-likeness (QED) is 0.864. The number of carbonyl (C=O) groups is 2. The molecule has 3 rings (SSSR count). The van der Waals surface area contributed by atoms with Gasteiger partial charge in [-0.2, -0.15) is 5.10 Å². The number of aliphatic imine (C=N–C) groups is 1. The number of hydrogen-bond acceptors (Lipinski definition) is 5. The van der Waals surface area contributed by atoms with Gasteiger partial charge in [-0.25, -0.2) is 10.0 Å². The first-order chi connectivity index (χ1) is 12.4. The molecule has 8 heteroatoms. The molecule has 2 atom stereocenters. The van der Waals surface area contributed by atoms with Crippen molar-refractivity contribution in [3.8, 4) is 0 Å². The monoisotopic (exact) mass is 354 g/mol. The summed E-state index contributed by atoms with van der Waals surface area (Å²) in [5, 5.41) is 8.46. The van der Waals surface area contributed by atoms with E-state index in [2.05, 4.69) is 20.8 Å². The minimum absolute atomic E-state index is 0.106. The standard InChI is InChI=1S/C18H22N6O2/c1-11(15-10-19-23(4)13(15)3)21-17(25)16-20-12(2)18(26)24(22-16)14-8-6-5-7-9-14/h5-12H,1-4H3,(H,20,22)(H,21,25)/t11-,12+/m0/s1. The second-order valence-corrected chi connectivity index (χ2v) is 6.28. The average molecular weight is 354 g/mol. The fourth-order valence-corrected chi connectivity index (χ4v) is 2.79. The van der Waals surface area contributed by atoms with Gasteiger partial charge in [0.05, 0.1) is 17.9 Å². The average Bonchev–Trinajstić information content (AvgIpc) is 2.97. The van der Waals surface area contributed by atoms with Gasteiger partial charge >= 0.3 is 0 Å². The normalized spacial score (nSPS) is 18.2. The van der Waals surface area contributed by atoms with E-state index in [1.807, 2.05) is 39.1 Å². The van der Waals surface area contributed by atoms with Gasteiger partial charge in [0.2, 0.25) is 5.84 Å². The summed E-state index contributed by atoms with van der Waals surface area (Å²) in [5.41, 5.74) is 5.39. The number of rotatable bonds is 4. The lowest BCUT2D eigenvalue weighted by Gasteiger charge is -2.30. The molecule has 2 aromatic rings. The molecule has 2 heterocycles. The molecule has 0 unspecified atom stereocenters. The van der Waals surface area contributed by atoms with Crippen LogP contribution in [0.1, 0.15) is 31.1 Å². The van der Waals surface area contributed by atoms with Gasteiger partial charge in [-0.1, -0.05) is 18.2 Å². The molecule has 1 aliphatic rings. The summed E-state index contributed by atoms with van der Waals surface area (Å²) in [6.07, 6.45) is 1.73. The number of carbonyl (C=O) groups excluding carboxylic acids is 2. The lowest BCUT2D eigenvalue weighted by atomic mass is 10.1. The fraction of sp³-hybridized carbons (Fsp3) is 0.333. The van der Waals surface area contributed by atoms with Gasteiger partial charge < -0.3 is 5.32 Å². The van der Waals surface area contributed by atoms with Crippen LogP contribution in [0.15, 0.2) is 41.5 Å². The van der Waals surface area contributed by atoms with E-state index in [1.165, 1.54) is 5.01 Å². The van der Waals surface area contributed by atoms with Gasteiger partial charge in [0.1, 0.15) is 6.04 Å². The lowest BCUT2D eigenvalue weighted by molar-refractivity contribution is -0.120. The van der Waals surface area contributed by atoms with Crippen molar-refractivity contribution in [3.05, 3.63) is 47.8 Å². The second kappa shape index (κ2) is 6.99. The summed E-state index contributed by atoms with van der Waals surface area (Å²) in [7, 11) is 1.85. The van der Waals surface area contributed by atoms with Crippen molar-refractivity contribution in [1.82, 2.24) is 20.5 Å². The number of nitrogens with one attached hydrogen (secondary N) is 2. The molecule has 0 spiro atoms. The summed E-state index contributed by atoms with van der Waals surface area (Å²) in [6.45, 7) is 5.50. The van der Waals surface area contributed by atoms with E-state index >= 15 is 0 Å². The molecule has 0 radical (unpaired) electrons. The molecule has 136 valence electrons. The Labute approximate surface area is 151 Å². The molecule has 1 aromatic carbocycles. The number of para-hydroxylation sites is 1. The van der Waals surface area contributed by atoms with Crippen LogP contribution in [0.5, 0.6) is 0 Å². The minimum atomic E-state index is -0.646. The second-order valence-electron chi connectivity index (χ2n) is 6.28. The number of aryl methyl sites for hydroxylation is 1. The number of hydrogen-bond donors (Lipinski definition) is 2. The Morgan fingerprint density at radius 1 is 1.31 bits per heavy atom. The maximum absolute atomic E-state index is 12.7. The highest BCUT2D eigenvalue weighted by atomic mass is 16.2. The number of hydrazine groups is 1.